The Hall–Kier alpha value is -2.59. The van der Waals surface area contributed by atoms with Crippen LogP contribution in [0.4, 0.5) is 0 Å². The highest BCUT2D eigenvalue weighted by molar-refractivity contribution is 5.32. The summed E-state index contributed by atoms with van der Waals surface area (Å²) in [5, 5.41) is 3.46. The lowest BCUT2D eigenvalue weighted by atomic mass is 10.2. The minimum Gasteiger partial charge on any atom is -0.457 e. The average Bonchev–Trinajstić information content (AvgIpc) is 3.10. The second-order valence-corrected chi connectivity index (χ2v) is 5.39. The molecule has 0 saturated carbocycles. The molecular formula is C19H21N3O. The van der Waals surface area contributed by atoms with Crippen molar-refractivity contribution in [1.82, 2.24) is 14.9 Å². The Morgan fingerprint density at radius 1 is 0.957 bits per heavy atom. The van der Waals surface area contributed by atoms with Gasteiger partial charge in [-0.3, -0.25) is 0 Å². The lowest BCUT2D eigenvalue weighted by Crippen LogP contribution is -2.16. The topological polar surface area (TPSA) is 39.1 Å². The Bertz CT molecular complexity index is 678. The highest BCUT2D eigenvalue weighted by Gasteiger charge is 1.98. The first-order valence-corrected chi connectivity index (χ1v) is 7.88. The van der Waals surface area contributed by atoms with Crippen molar-refractivity contribution < 1.29 is 4.74 Å². The maximum absolute atomic E-state index is 5.79. The van der Waals surface area contributed by atoms with Crippen LogP contribution in [0.2, 0.25) is 0 Å². The summed E-state index contributed by atoms with van der Waals surface area (Å²) >= 11 is 0. The largest absolute Gasteiger partial charge is 0.457 e. The van der Waals surface area contributed by atoms with Gasteiger partial charge in [0.15, 0.2) is 0 Å². The molecule has 1 heterocycles. The van der Waals surface area contributed by atoms with E-state index in [0.29, 0.717) is 0 Å². The molecule has 3 aromatic rings. The van der Waals surface area contributed by atoms with Crippen LogP contribution in [0.5, 0.6) is 11.5 Å². The first-order chi connectivity index (χ1) is 11.4. The predicted molar refractivity (Wildman–Crippen MR) is 91.5 cm³/mol. The van der Waals surface area contributed by atoms with Crippen LogP contribution in [-0.2, 0) is 13.1 Å². The van der Waals surface area contributed by atoms with Crippen LogP contribution < -0.4 is 10.1 Å². The Labute approximate surface area is 136 Å². The van der Waals surface area contributed by atoms with Crippen LogP contribution in [0, 0.1) is 0 Å². The number of hydrogen-bond acceptors (Lipinski definition) is 3. The van der Waals surface area contributed by atoms with Gasteiger partial charge in [-0.1, -0.05) is 30.3 Å². The van der Waals surface area contributed by atoms with Crippen molar-refractivity contribution in [3.8, 4) is 11.5 Å². The number of ether oxygens (including phenoxy) is 1. The molecule has 3 rings (SSSR count). The van der Waals surface area contributed by atoms with Gasteiger partial charge in [0, 0.05) is 25.5 Å². The molecule has 0 amide bonds. The number of para-hydroxylation sites is 1. The highest BCUT2D eigenvalue weighted by atomic mass is 16.5. The molecule has 118 valence electrons. The molecule has 0 aliphatic rings. The second kappa shape index (κ2) is 8.15. The van der Waals surface area contributed by atoms with Crippen molar-refractivity contribution in [3.05, 3.63) is 78.9 Å². The van der Waals surface area contributed by atoms with Crippen LogP contribution in [0.3, 0.4) is 0 Å². The van der Waals surface area contributed by atoms with E-state index in [1.807, 2.05) is 61.2 Å². The lowest BCUT2D eigenvalue weighted by Gasteiger charge is -2.08. The fourth-order valence-corrected chi connectivity index (χ4v) is 2.34. The van der Waals surface area contributed by atoms with Gasteiger partial charge in [0.05, 0.1) is 6.33 Å². The number of imidazole rings is 1. The number of aromatic nitrogens is 2. The van der Waals surface area contributed by atoms with Gasteiger partial charge < -0.3 is 14.6 Å². The third-order valence-corrected chi connectivity index (χ3v) is 3.56. The van der Waals surface area contributed by atoms with E-state index in [0.717, 1.165) is 37.6 Å². The molecule has 4 nitrogen and oxygen atoms in total. The van der Waals surface area contributed by atoms with E-state index in [-0.39, 0.29) is 0 Å². The second-order valence-electron chi connectivity index (χ2n) is 5.39. The molecule has 1 N–H and O–H groups in total. The molecule has 0 spiro atoms. The van der Waals surface area contributed by atoms with Gasteiger partial charge in [-0.2, -0.15) is 0 Å². The smallest absolute Gasteiger partial charge is 0.127 e. The van der Waals surface area contributed by atoms with Crippen molar-refractivity contribution in [3.63, 3.8) is 0 Å². The SMILES string of the molecule is c1ccc(Oc2ccc(CNCCCn3ccnc3)cc2)cc1. The third-order valence-electron chi connectivity index (χ3n) is 3.56. The normalized spacial score (nSPS) is 10.6. The maximum Gasteiger partial charge on any atom is 0.127 e. The highest BCUT2D eigenvalue weighted by Crippen LogP contribution is 2.20. The Balaban J connectivity index is 1.39. The molecule has 0 unspecified atom stereocenters. The molecule has 0 atom stereocenters. The molecule has 4 heteroatoms. The van der Waals surface area contributed by atoms with Crippen LogP contribution >= 0.6 is 0 Å². The molecule has 1 aromatic heterocycles. The van der Waals surface area contributed by atoms with E-state index in [1.165, 1.54) is 5.56 Å². The van der Waals surface area contributed by atoms with Crippen molar-refractivity contribution in [1.29, 1.82) is 0 Å². The zero-order valence-corrected chi connectivity index (χ0v) is 13.1. The van der Waals surface area contributed by atoms with Gasteiger partial charge in [0.2, 0.25) is 0 Å². The number of benzene rings is 2. The van der Waals surface area contributed by atoms with Gasteiger partial charge in [0.25, 0.3) is 0 Å². The third kappa shape index (κ3) is 4.97. The van der Waals surface area contributed by atoms with Crippen molar-refractivity contribution in [2.45, 2.75) is 19.5 Å². The van der Waals surface area contributed by atoms with E-state index in [9.17, 15) is 0 Å². The minimum atomic E-state index is 0.859. The van der Waals surface area contributed by atoms with E-state index in [4.69, 9.17) is 4.74 Å². The molecule has 0 saturated heterocycles. The molecule has 0 fully saturated rings. The van der Waals surface area contributed by atoms with Gasteiger partial charge in [-0.15, -0.1) is 0 Å². The maximum atomic E-state index is 5.79. The minimum absolute atomic E-state index is 0.859. The Kier molecular flexibility index (Phi) is 5.43. The van der Waals surface area contributed by atoms with Gasteiger partial charge in [-0.25, -0.2) is 4.98 Å². The molecular weight excluding hydrogens is 286 g/mol. The van der Waals surface area contributed by atoms with Crippen LogP contribution in [0.1, 0.15) is 12.0 Å². The number of hydrogen-bond donors (Lipinski definition) is 1. The Morgan fingerprint density at radius 3 is 2.48 bits per heavy atom. The first-order valence-electron chi connectivity index (χ1n) is 7.88. The quantitative estimate of drug-likeness (QED) is 0.642. The fourth-order valence-electron chi connectivity index (χ4n) is 2.34. The van der Waals surface area contributed by atoms with E-state index < -0.39 is 0 Å². The fraction of sp³-hybridized carbons (Fsp3) is 0.211. The molecule has 2 aromatic carbocycles. The number of aryl methyl sites for hydroxylation is 1. The van der Waals surface area contributed by atoms with Crippen molar-refractivity contribution in [2.24, 2.45) is 0 Å². The summed E-state index contributed by atoms with van der Waals surface area (Å²) in [6.07, 6.45) is 6.75. The number of nitrogens with zero attached hydrogens (tertiary/aromatic N) is 2. The van der Waals surface area contributed by atoms with Crippen LogP contribution in [0.25, 0.3) is 0 Å². The van der Waals surface area contributed by atoms with E-state index in [2.05, 4.69) is 27.0 Å². The summed E-state index contributed by atoms with van der Waals surface area (Å²) in [7, 11) is 0. The molecule has 0 bridgehead atoms. The number of rotatable bonds is 8. The monoisotopic (exact) mass is 307 g/mol. The summed E-state index contributed by atoms with van der Waals surface area (Å²) in [5.41, 5.74) is 1.26. The Morgan fingerprint density at radius 2 is 1.74 bits per heavy atom. The lowest BCUT2D eigenvalue weighted by molar-refractivity contribution is 0.482. The molecule has 0 aliphatic carbocycles. The molecule has 23 heavy (non-hydrogen) atoms. The summed E-state index contributed by atoms with van der Waals surface area (Å²) in [6.45, 7) is 2.85. The number of nitrogens with one attached hydrogen (secondary N) is 1. The zero-order valence-electron chi connectivity index (χ0n) is 13.1. The van der Waals surface area contributed by atoms with E-state index >= 15 is 0 Å². The molecule has 0 aliphatic heterocycles. The van der Waals surface area contributed by atoms with Crippen molar-refractivity contribution >= 4 is 0 Å². The van der Waals surface area contributed by atoms with Crippen molar-refractivity contribution in [2.75, 3.05) is 6.54 Å². The average molecular weight is 307 g/mol. The van der Waals surface area contributed by atoms with Crippen LogP contribution in [-0.4, -0.2) is 16.1 Å². The first kappa shape index (κ1) is 15.3. The summed E-state index contributed by atoms with van der Waals surface area (Å²) in [5.74, 6) is 1.72. The predicted octanol–water partition coefficient (Wildman–Crippen LogP) is 3.86. The van der Waals surface area contributed by atoms with Gasteiger partial charge >= 0.3 is 0 Å². The standard InChI is InChI=1S/C19H21N3O/c1-2-5-18(6-3-1)23-19-9-7-17(8-10-19)15-20-11-4-13-22-14-12-21-16-22/h1-3,5-10,12,14,16,20H,4,11,13,15H2. The summed E-state index contributed by atoms with van der Waals surface area (Å²) in [4.78, 5) is 4.04. The molecule has 0 radical (unpaired) electrons. The summed E-state index contributed by atoms with van der Waals surface area (Å²) < 4.78 is 7.88. The van der Waals surface area contributed by atoms with E-state index in [1.54, 1.807) is 0 Å². The van der Waals surface area contributed by atoms with Crippen LogP contribution in [0.15, 0.2) is 73.3 Å². The van der Waals surface area contributed by atoms with Gasteiger partial charge in [-0.05, 0) is 42.8 Å². The summed E-state index contributed by atoms with van der Waals surface area (Å²) in [6, 6.07) is 18.0. The zero-order chi connectivity index (χ0) is 15.7. The van der Waals surface area contributed by atoms with Gasteiger partial charge in [0.1, 0.15) is 11.5 Å².